The van der Waals surface area contributed by atoms with Crippen LogP contribution in [0.4, 0.5) is 4.39 Å². The number of halogens is 1. The second kappa shape index (κ2) is 17.3. The molecule has 0 aliphatic carbocycles. The van der Waals surface area contributed by atoms with Gasteiger partial charge in [-0.2, -0.15) is 0 Å². The molecule has 0 aliphatic heterocycles. The van der Waals surface area contributed by atoms with E-state index in [0.29, 0.717) is 42.8 Å². The SMILES string of the molecule is C=C(\N=C(C(/C=C/[C@H](O)C[C@@H](O)CC(=O)NCCCCNC(=N)N)=C(\N)c1ccc(F)cc1)\C(C)C)N(C)S(C)(=O)=O. The number of carbonyl (C=O) groups is 1. The number of nitrogens with two attached hydrogens (primary N) is 2. The number of rotatable bonds is 17. The van der Waals surface area contributed by atoms with Crippen molar-refractivity contribution in [2.75, 3.05) is 26.4 Å². The fourth-order valence-corrected chi connectivity index (χ4v) is 4.06. The first kappa shape index (κ1) is 36.3. The fourth-order valence-electron chi connectivity index (χ4n) is 3.63. The number of amides is 1. The molecule has 0 bridgehead atoms. The molecule has 2 atom stereocenters. The molecule has 12 nitrogen and oxygen atoms in total. The first-order valence-electron chi connectivity index (χ1n) is 13.4. The van der Waals surface area contributed by atoms with Gasteiger partial charge in [-0.3, -0.25) is 14.5 Å². The normalized spacial score (nSPS) is 14.3. The number of aliphatic hydroxyl groups is 2. The molecule has 0 aliphatic rings. The molecule has 234 valence electrons. The zero-order valence-electron chi connectivity index (χ0n) is 24.6. The van der Waals surface area contributed by atoms with Crippen LogP contribution in [0.15, 0.2) is 59.4 Å². The number of allylic oxidation sites excluding steroid dienone is 2. The van der Waals surface area contributed by atoms with E-state index in [1.54, 1.807) is 0 Å². The van der Waals surface area contributed by atoms with Gasteiger partial charge in [0.2, 0.25) is 15.9 Å². The summed E-state index contributed by atoms with van der Waals surface area (Å²) in [5.74, 6) is -1.28. The predicted octanol–water partition coefficient (Wildman–Crippen LogP) is 1.39. The van der Waals surface area contributed by atoms with Crippen LogP contribution in [0.1, 0.15) is 45.1 Å². The van der Waals surface area contributed by atoms with Crippen molar-refractivity contribution >= 4 is 33.3 Å². The first-order valence-corrected chi connectivity index (χ1v) is 15.2. The molecule has 42 heavy (non-hydrogen) atoms. The Morgan fingerprint density at radius 2 is 1.74 bits per heavy atom. The molecule has 9 N–H and O–H groups in total. The maximum absolute atomic E-state index is 13.6. The maximum Gasteiger partial charge on any atom is 0.233 e. The second-order valence-corrected chi connectivity index (χ2v) is 12.1. The number of aliphatic hydroxyl groups excluding tert-OH is 2. The van der Waals surface area contributed by atoms with Gasteiger partial charge < -0.3 is 32.3 Å². The number of guanidine groups is 1. The molecule has 0 fully saturated rings. The van der Waals surface area contributed by atoms with Crippen LogP contribution in [0.2, 0.25) is 0 Å². The van der Waals surface area contributed by atoms with Crippen LogP contribution in [0.5, 0.6) is 0 Å². The van der Waals surface area contributed by atoms with E-state index in [2.05, 4.69) is 22.2 Å². The lowest BCUT2D eigenvalue weighted by atomic mass is 9.94. The van der Waals surface area contributed by atoms with E-state index < -0.39 is 28.0 Å². The van der Waals surface area contributed by atoms with Gasteiger partial charge in [-0.15, -0.1) is 0 Å². The lowest BCUT2D eigenvalue weighted by Crippen LogP contribution is -2.32. The summed E-state index contributed by atoms with van der Waals surface area (Å²) >= 11 is 0. The van der Waals surface area contributed by atoms with Crippen molar-refractivity contribution in [3.05, 3.63) is 65.8 Å². The summed E-state index contributed by atoms with van der Waals surface area (Å²) in [5.41, 5.74) is 13.0. The molecule has 14 heteroatoms. The summed E-state index contributed by atoms with van der Waals surface area (Å²) in [6.45, 7) is 8.30. The van der Waals surface area contributed by atoms with E-state index in [9.17, 15) is 27.8 Å². The molecular weight excluding hydrogens is 565 g/mol. The predicted molar refractivity (Wildman–Crippen MR) is 164 cm³/mol. The Morgan fingerprint density at radius 1 is 1.17 bits per heavy atom. The van der Waals surface area contributed by atoms with Crippen LogP contribution in [0, 0.1) is 17.1 Å². The highest BCUT2D eigenvalue weighted by atomic mass is 32.2. The molecule has 0 unspecified atom stereocenters. The number of aliphatic imine (C=N–C) groups is 1. The minimum Gasteiger partial charge on any atom is -0.398 e. The summed E-state index contributed by atoms with van der Waals surface area (Å²) in [6, 6.07) is 5.44. The Morgan fingerprint density at radius 3 is 2.26 bits per heavy atom. The van der Waals surface area contributed by atoms with Crippen molar-refractivity contribution < 1.29 is 27.8 Å². The summed E-state index contributed by atoms with van der Waals surface area (Å²) in [5, 5.41) is 33.4. The topological polar surface area (TPSA) is 207 Å². The molecule has 0 heterocycles. The number of nitrogens with one attached hydrogen (secondary N) is 3. The Kier molecular flexibility index (Phi) is 14.9. The molecule has 1 aromatic carbocycles. The molecule has 0 aromatic heterocycles. The van der Waals surface area contributed by atoms with E-state index in [0.717, 1.165) is 10.6 Å². The van der Waals surface area contributed by atoms with Crippen molar-refractivity contribution in [1.82, 2.24) is 14.9 Å². The molecule has 1 aromatic rings. The summed E-state index contributed by atoms with van der Waals surface area (Å²) in [6.07, 6.45) is 2.59. The third kappa shape index (κ3) is 13.3. The van der Waals surface area contributed by atoms with Crippen LogP contribution in [0.25, 0.3) is 5.70 Å². The van der Waals surface area contributed by atoms with Crippen molar-refractivity contribution in [2.45, 2.75) is 51.7 Å². The van der Waals surface area contributed by atoms with Crippen molar-refractivity contribution in [3.8, 4) is 0 Å². The molecule has 0 spiro atoms. The Labute approximate surface area is 247 Å². The van der Waals surface area contributed by atoms with Gasteiger partial charge in [0.05, 0.1) is 30.6 Å². The van der Waals surface area contributed by atoms with Gasteiger partial charge in [-0.05, 0) is 48.6 Å². The number of nitrogens with zero attached hydrogens (tertiary/aromatic N) is 2. The number of carbonyl (C=O) groups excluding carboxylic acids is 1. The second-order valence-electron chi connectivity index (χ2n) is 10.1. The van der Waals surface area contributed by atoms with Crippen LogP contribution >= 0.6 is 0 Å². The van der Waals surface area contributed by atoms with Crippen LogP contribution in [-0.4, -0.2) is 79.1 Å². The number of hydrogen-bond acceptors (Lipinski definition) is 8. The summed E-state index contributed by atoms with van der Waals surface area (Å²) < 4.78 is 38.5. The smallest absolute Gasteiger partial charge is 0.233 e. The third-order valence-corrected chi connectivity index (χ3v) is 7.25. The van der Waals surface area contributed by atoms with Gasteiger partial charge in [0.1, 0.15) is 11.6 Å². The Balaban J connectivity index is 3.11. The highest BCUT2D eigenvalue weighted by Gasteiger charge is 2.20. The fraction of sp³-hybridized carbons (Fsp3) is 0.464. The Bertz CT molecular complexity index is 1280. The lowest BCUT2D eigenvalue weighted by Gasteiger charge is -2.20. The monoisotopic (exact) mass is 609 g/mol. The van der Waals surface area contributed by atoms with Crippen LogP contribution in [0.3, 0.4) is 0 Å². The van der Waals surface area contributed by atoms with E-state index >= 15 is 0 Å². The zero-order chi connectivity index (χ0) is 32.0. The van der Waals surface area contributed by atoms with E-state index in [4.69, 9.17) is 16.9 Å². The van der Waals surface area contributed by atoms with Crippen LogP contribution in [-0.2, 0) is 14.8 Å². The van der Waals surface area contributed by atoms with Crippen molar-refractivity contribution in [1.29, 1.82) is 5.41 Å². The van der Waals surface area contributed by atoms with Crippen molar-refractivity contribution in [2.24, 2.45) is 22.4 Å². The Hall–Kier alpha value is -3.75. The number of unbranched alkanes of at least 4 members (excludes halogenated alkanes) is 1. The minimum atomic E-state index is -3.63. The van der Waals surface area contributed by atoms with E-state index in [1.807, 2.05) is 13.8 Å². The number of sulfonamides is 1. The molecule has 0 saturated heterocycles. The number of hydrogen-bond donors (Lipinski definition) is 7. The zero-order valence-corrected chi connectivity index (χ0v) is 25.4. The quantitative estimate of drug-likeness (QED) is 0.0593. The average molecular weight is 610 g/mol. The van der Waals surface area contributed by atoms with Gasteiger partial charge in [0.15, 0.2) is 5.96 Å². The summed E-state index contributed by atoms with van der Waals surface area (Å²) in [4.78, 5) is 16.6. The third-order valence-electron chi connectivity index (χ3n) is 6.04. The van der Waals surface area contributed by atoms with E-state index in [1.165, 1.54) is 43.5 Å². The van der Waals surface area contributed by atoms with Gasteiger partial charge >= 0.3 is 0 Å². The van der Waals surface area contributed by atoms with Gasteiger partial charge in [0.25, 0.3) is 0 Å². The van der Waals surface area contributed by atoms with Gasteiger partial charge in [0, 0.05) is 37.8 Å². The highest BCUT2D eigenvalue weighted by molar-refractivity contribution is 7.88. The number of benzene rings is 1. The molecule has 1 rings (SSSR count). The van der Waals surface area contributed by atoms with Gasteiger partial charge in [-0.25, -0.2) is 17.8 Å². The minimum absolute atomic E-state index is 0.0592. The average Bonchev–Trinajstić information content (AvgIpc) is 2.88. The molecular formula is C28H44FN7O5S. The largest absolute Gasteiger partial charge is 0.398 e. The lowest BCUT2D eigenvalue weighted by molar-refractivity contribution is -0.123. The summed E-state index contributed by atoms with van der Waals surface area (Å²) in [7, 11) is -2.32. The molecule has 1 amide bonds. The van der Waals surface area contributed by atoms with Crippen LogP contribution < -0.4 is 22.1 Å². The molecule has 0 radical (unpaired) electrons. The van der Waals surface area contributed by atoms with Gasteiger partial charge in [-0.1, -0.05) is 32.6 Å². The highest BCUT2D eigenvalue weighted by Crippen LogP contribution is 2.23. The standard InChI is InChI=1S/C28H44FN7O5S/c1-18(2)27(35-19(3)36(4)42(5,40)41)24(26(30)20-8-10-21(29)11-9-20)13-12-22(37)16-23(38)17-25(39)33-14-6-7-15-34-28(31)32/h8-13,18,22-23,37-38H,3,6-7,14-17,30H2,1-2,4-5H3,(H,33,39)(H4,31,32,34)/b13-12+,26-24-,35-27-/t22-,23+/m0/s1. The molecule has 0 saturated carbocycles. The van der Waals surface area contributed by atoms with E-state index in [-0.39, 0.29) is 42.1 Å². The maximum atomic E-state index is 13.6. The first-order chi connectivity index (χ1) is 19.5. The van der Waals surface area contributed by atoms with Crippen molar-refractivity contribution in [3.63, 3.8) is 0 Å².